The smallest absolute Gasteiger partial charge is 0.331 e. The zero-order chi connectivity index (χ0) is 18.1. The summed E-state index contributed by atoms with van der Waals surface area (Å²) in [5.74, 6) is -0.943. The average Bonchev–Trinajstić information content (AvgIpc) is 3.07. The zero-order valence-corrected chi connectivity index (χ0v) is 14.7. The normalized spacial score (nSPS) is 11.0. The van der Waals surface area contributed by atoms with Crippen LogP contribution in [0.2, 0.25) is 5.02 Å². The third kappa shape index (κ3) is 3.35. The molecule has 0 radical (unpaired) electrons. The first-order valence-electron chi connectivity index (χ1n) is 7.26. The third-order valence-corrected chi connectivity index (χ3v) is 4.91. The molecular weight excluding hydrogens is 369 g/mol. The number of benzene rings is 1. The van der Waals surface area contributed by atoms with Gasteiger partial charge in [-0.3, -0.25) is 18.7 Å². The molecule has 2 heterocycles. The van der Waals surface area contributed by atoms with Crippen LogP contribution in [-0.2, 0) is 24.9 Å². The molecule has 0 spiro atoms. The van der Waals surface area contributed by atoms with E-state index in [9.17, 15) is 18.8 Å². The highest BCUT2D eigenvalue weighted by molar-refractivity contribution is 7.17. The third-order valence-electron chi connectivity index (χ3n) is 3.73. The van der Waals surface area contributed by atoms with Gasteiger partial charge in [-0.1, -0.05) is 17.7 Å². The monoisotopic (exact) mass is 381 g/mol. The lowest BCUT2D eigenvalue weighted by Crippen LogP contribution is -2.40. The van der Waals surface area contributed by atoms with Crippen LogP contribution in [0.3, 0.4) is 0 Å². The summed E-state index contributed by atoms with van der Waals surface area (Å²) in [7, 11) is 1.37. The van der Waals surface area contributed by atoms with Gasteiger partial charge in [0.2, 0.25) is 5.91 Å². The van der Waals surface area contributed by atoms with E-state index in [2.05, 4.69) is 5.32 Å². The second-order valence-corrected chi connectivity index (χ2v) is 6.72. The summed E-state index contributed by atoms with van der Waals surface area (Å²) in [5, 5.41) is 4.32. The summed E-state index contributed by atoms with van der Waals surface area (Å²) in [6.07, 6.45) is 0. The molecule has 0 saturated carbocycles. The number of amides is 1. The van der Waals surface area contributed by atoms with Crippen molar-refractivity contribution in [3.8, 4) is 0 Å². The number of thiophene rings is 1. The molecule has 130 valence electrons. The highest BCUT2D eigenvalue weighted by Crippen LogP contribution is 2.16. The zero-order valence-electron chi connectivity index (χ0n) is 13.1. The van der Waals surface area contributed by atoms with Crippen molar-refractivity contribution >= 4 is 39.1 Å². The molecule has 1 N–H and O–H groups in total. The van der Waals surface area contributed by atoms with Crippen LogP contribution in [-0.4, -0.2) is 15.0 Å². The molecule has 0 aliphatic rings. The van der Waals surface area contributed by atoms with Crippen LogP contribution in [0.5, 0.6) is 0 Å². The first-order chi connectivity index (χ1) is 11.9. The molecule has 3 rings (SSSR count). The fourth-order valence-electron chi connectivity index (χ4n) is 2.40. The Morgan fingerprint density at radius 3 is 2.80 bits per heavy atom. The van der Waals surface area contributed by atoms with Crippen LogP contribution in [0.25, 0.3) is 10.2 Å². The van der Waals surface area contributed by atoms with E-state index in [0.29, 0.717) is 15.8 Å². The maximum Gasteiger partial charge on any atom is 0.331 e. The molecule has 2 aromatic heterocycles. The van der Waals surface area contributed by atoms with E-state index in [1.165, 1.54) is 41.2 Å². The van der Waals surface area contributed by atoms with Gasteiger partial charge in [-0.2, -0.15) is 0 Å². The number of nitrogens with one attached hydrogen (secondary N) is 1. The molecule has 0 atom stereocenters. The Morgan fingerprint density at radius 2 is 2.08 bits per heavy atom. The Morgan fingerprint density at radius 1 is 1.32 bits per heavy atom. The second kappa shape index (κ2) is 6.81. The van der Waals surface area contributed by atoms with Gasteiger partial charge in [-0.15, -0.1) is 11.3 Å². The molecule has 0 aliphatic heterocycles. The Bertz CT molecular complexity index is 1090. The van der Waals surface area contributed by atoms with E-state index < -0.39 is 17.4 Å². The van der Waals surface area contributed by atoms with E-state index in [0.717, 1.165) is 4.57 Å². The summed E-state index contributed by atoms with van der Waals surface area (Å²) in [6.45, 7) is -0.0821. The van der Waals surface area contributed by atoms with E-state index in [1.54, 1.807) is 11.4 Å². The van der Waals surface area contributed by atoms with Gasteiger partial charge in [-0.25, -0.2) is 9.18 Å². The molecule has 3 aromatic rings. The first kappa shape index (κ1) is 17.4. The number of halogens is 2. The van der Waals surface area contributed by atoms with Gasteiger partial charge in [-0.05, 0) is 29.1 Å². The van der Waals surface area contributed by atoms with E-state index >= 15 is 0 Å². The van der Waals surface area contributed by atoms with E-state index in [4.69, 9.17) is 11.6 Å². The van der Waals surface area contributed by atoms with Gasteiger partial charge < -0.3 is 5.32 Å². The van der Waals surface area contributed by atoms with E-state index in [1.807, 2.05) is 0 Å². The SMILES string of the molecule is Cn1c(=O)c2sccc2n(CC(=O)NCc2ccc(F)c(Cl)c2)c1=O. The van der Waals surface area contributed by atoms with Crippen LogP contribution in [0, 0.1) is 5.82 Å². The molecule has 25 heavy (non-hydrogen) atoms. The molecule has 1 amide bonds. The highest BCUT2D eigenvalue weighted by Gasteiger charge is 2.14. The predicted molar refractivity (Wildman–Crippen MR) is 94.6 cm³/mol. The van der Waals surface area contributed by atoms with Crippen molar-refractivity contribution in [3.63, 3.8) is 0 Å². The molecule has 1 aromatic carbocycles. The predicted octanol–water partition coefficient (Wildman–Crippen LogP) is 1.87. The number of rotatable bonds is 4. The maximum atomic E-state index is 13.1. The molecule has 9 heteroatoms. The van der Waals surface area contributed by atoms with Gasteiger partial charge in [0.1, 0.15) is 17.1 Å². The summed E-state index contributed by atoms with van der Waals surface area (Å²) in [5.41, 5.74) is 0.120. The number of nitrogens with zero attached hydrogens (tertiary/aromatic N) is 2. The molecule has 0 unspecified atom stereocenters. The van der Waals surface area contributed by atoms with Gasteiger partial charge in [0, 0.05) is 13.6 Å². The lowest BCUT2D eigenvalue weighted by Gasteiger charge is -2.10. The van der Waals surface area contributed by atoms with Crippen LogP contribution in [0.4, 0.5) is 4.39 Å². The second-order valence-electron chi connectivity index (χ2n) is 5.39. The number of carbonyl (C=O) groups excluding carboxylic acids is 1. The number of aromatic nitrogens is 2. The fourth-order valence-corrected chi connectivity index (χ4v) is 3.47. The van der Waals surface area contributed by atoms with Gasteiger partial charge in [0.05, 0.1) is 10.5 Å². The lowest BCUT2D eigenvalue weighted by atomic mass is 10.2. The molecule has 0 bridgehead atoms. The number of hydrogen-bond donors (Lipinski definition) is 1. The molecule has 0 aliphatic carbocycles. The average molecular weight is 382 g/mol. The Kier molecular flexibility index (Phi) is 4.73. The van der Waals surface area contributed by atoms with Crippen LogP contribution < -0.4 is 16.6 Å². The van der Waals surface area contributed by atoms with Crippen molar-refractivity contribution in [1.82, 2.24) is 14.5 Å². The van der Waals surface area contributed by atoms with Gasteiger partial charge in [0.25, 0.3) is 5.56 Å². The molecule has 0 saturated heterocycles. The topological polar surface area (TPSA) is 73.1 Å². The largest absolute Gasteiger partial charge is 0.350 e. The van der Waals surface area contributed by atoms with Crippen LogP contribution in [0.15, 0.2) is 39.2 Å². The summed E-state index contributed by atoms with van der Waals surface area (Å²) in [4.78, 5) is 36.5. The van der Waals surface area contributed by atoms with Crippen molar-refractivity contribution in [2.24, 2.45) is 7.05 Å². The lowest BCUT2D eigenvalue weighted by molar-refractivity contribution is -0.121. The van der Waals surface area contributed by atoms with Crippen molar-refractivity contribution in [1.29, 1.82) is 0 Å². The van der Waals surface area contributed by atoms with Crippen molar-refractivity contribution in [2.75, 3.05) is 0 Å². The van der Waals surface area contributed by atoms with Gasteiger partial charge >= 0.3 is 5.69 Å². The number of fused-ring (bicyclic) bond motifs is 1. The molecule has 0 fully saturated rings. The first-order valence-corrected chi connectivity index (χ1v) is 8.52. The standard InChI is InChI=1S/C16H13ClFN3O3S/c1-20-15(23)14-12(4-5-25-14)21(16(20)24)8-13(22)19-7-9-2-3-11(18)10(17)6-9/h2-6H,7-8H2,1H3,(H,19,22). The quantitative estimate of drug-likeness (QED) is 0.749. The molecule has 6 nitrogen and oxygen atoms in total. The Labute approximate surface area is 150 Å². The summed E-state index contributed by atoms with van der Waals surface area (Å²) < 4.78 is 15.8. The minimum absolute atomic E-state index is 0.0268. The minimum atomic E-state index is -0.559. The van der Waals surface area contributed by atoms with Crippen LogP contribution in [0.1, 0.15) is 5.56 Å². The van der Waals surface area contributed by atoms with Crippen LogP contribution >= 0.6 is 22.9 Å². The number of hydrogen-bond acceptors (Lipinski definition) is 4. The molecular formula is C16H13ClFN3O3S. The van der Waals surface area contributed by atoms with E-state index in [-0.39, 0.29) is 23.7 Å². The van der Waals surface area contributed by atoms with Crippen molar-refractivity contribution in [3.05, 3.63) is 66.9 Å². The summed E-state index contributed by atoms with van der Waals surface area (Å²) >= 11 is 6.92. The highest BCUT2D eigenvalue weighted by atomic mass is 35.5. The number of carbonyl (C=O) groups is 1. The Hall–Kier alpha value is -2.45. The fraction of sp³-hybridized carbons (Fsp3) is 0.188. The summed E-state index contributed by atoms with van der Waals surface area (Å²) in [6, 6.07) is 5.79. The van der Waals surface area contributed by atoms with Gasteiger partial charge in [0.15, 0.2) is 0 Å². The minimum Gasteiger partial charge on any atom is -0.350 e. The van der Waals surface area contributed by atoms with Crippen molar-refractivity contribution in [2.45, 2.75) is 13.1 Å². The maximum absolute atomic E-state index is 13.1. The Balaban J connectivity index is 1.81. The van der Waals surface area contributed by atoms with Crippen molar-refractivity contribution < 1.29 is 9.18 Å².